The SMILES string of the molecule is CC(C)(C)[C@@H](N)C(=O)Nc1ccc(I)cc1Cl. The van der Waals surface area contributed by atoms with E-state index in [1.165, 1.54) is 0 Å². The molecular weight excluding hydrogens is 351 g/mol. The third-order valence-electron chi connectivity index (χ3n) is 2.40. The molecule has 3 nitrogen and oxygen atoms in total. The Balaban J connectivity index is 2.82. The lowest BCUT2D eigenvalue weighted by Crippen LogP contribution is -2.45. The number of anilines is 1. The van der Waals surface area contributed by atoms with E-state index in [1.54, 1.807) is 12.1 Å². The molecule has 0 spiro atoms. The van der Waals surface area contributed by atoms with E-state index in [0.29, 0.717) is 10.7 Å². The first-order valence-corrected chi connectivity index (χ1v) is 6.69. The van der Waals surface area contributed by atoms with Gasteiger partial charge in [0.1, 0.15) is 0 Å². The maximum Gasteiger partial charge on any atom is 0.241 e. The monoisotopic (exact) mass is 366 g/mol. The van der Waals surface area contributed by atoms with Gasteiger partial charge in [-0.05, 0) is 46.2 Å². The predicted molar refractivity (Wildman–Crippen MR) is 80.2 cm³/mol. The van der Waals surface area contributed by atoms with Crippen LogP contribution in [0.2, 0.25) is 5.02 Å². The number of carbonyl (C=O) groups is 1. The molecule has 94 valence electrons. The summed E-state index contributed by atoms with van der Waals surface area (Å²) < 4.78 is 1.02. The maximum atomic E-state index is 11.9. The van der Waals surface area contributed by atoms with Gasteiger partial charge < -0.3 is 11.1 Å². The van der Waals surface area contributed by atoms with Crippen molar-refractivity contribution >= 4 is 45.8 Å². The van der Waals surface area contributed by atoms with Crippen molar-refractivity contribution in [3.8, 4) is 0 Å². The Kier molecular flexibility index (Phi) is 4.80. The van der Waals surface area contributed by atoms with Crippen molar-refractivity contribution in [2.45, 2.75) is 26.8 Å². The van der Waals surface area contributed by atoms with E-state index in [0.717, 1.165) is 3.57 Å². The number of hydrogen-bond acceptors (Lipinski definition) is 2. The molecule has 0 radical (unpaired) electrons. The smallest absolute Gasteiger partial charge is 0.241 e. The van der Waals surface area contributed by atoms with Crippen molar-refractivity contribution in [1.29, 1.82) is 0 Å². The average molecular weight is 367 g/mol. The van der Waals surface area contributed by atoms with Crippen molar-refractivity contribution in [2.75, 3.05) is 5.32 Å². The lowest BCUT2D eigenvalue weighted by molar-refractivity contribution is -0.119. The molecule has 0 aliphatic carbocycles. The molecule has 0 aliphatic rings. The Hall–Kier alpha value is -0.330. The fourth-order valence-corrected chi connectivity index (χ4v) is 2.10. The summed E-state index contributed by atoms with van der Waals surface area (Å²) in [5.74, 6) is -0.222. The van der Waals surface area contributed by atoms with Gasteiger partial charge in [-0.2, -0.15) is 0 Å². The first-order valence-electron chi connectivity index (χ1n) is 5.23. The molecule has 17 heavy (non-hydrogen) atoms. The number of hydrogen-bond donors (Lipinski definition) is 2. The van der Waals surface area contributed by atoms with E-state index in [9.17, 15) is 4.79 Å². The Labute approximate surface area is 120 Å². The largest absolute Gasteiger partial charge is 0.323 e. The molecule has 1 atom stereocenters. The van der Waals surface area contributed by atoms with Crippen molar-refractivity contribution in [3.05, 3.63) is 26.8 Å². The summed E-state index contributed by atoms with van der Waals surface area (Å²) in [4.78, 5) is 11.9. The summed E-state index contributed by atoms with van der Waals surface area (Å²) in [5.41, 5.74) is 6.18. The predicted octanol–water partition coefficient (Wildman–Crippen LogP) is 3.26. The minimum atomic E-state index is -0.571. The molecule has 0 saturated heterocycles. The minimum absolute atomic E-state index is 0.222. The summed E-state index contributed by atoms with van der Waals surface area (Å²) in [7, 11) is 0. The molecule has 0 heterocycles. The fourth-order valence-electron chi connectivity index (χ4n) is 1.19. The van der Waals surface area contributed by atoms with Crippen LogP contribution in [0.25, 0.3) is 0 Å². The summed E-state index contributed by atoms with van der Waals surface area (Å²) >= 11 is 8.19. The first kappa shape index (κ1) is 14.7. The number of halogens is 2. The first-order chi connectivity index (χ1) is 7.71. The third-order valence-corrected chi connectivity index (χ3v) is 3.39. The van der Waals surface area contributed by atoms with E-state index < -0.39 is 6.04 Å². The summed E-state index contributed by atoms with van der Waals surface area (Å²) in [5, 5.41) is 3.26. The number of nitrogens with one attached hydrogen (secondary N) is 1. The molecule has 0 unspecified atom stereocenters. The van der Waals surface area contributed by atoms with Crippen LogP contribution in [0.15, 0.2) is 18.2 Å². The Bertz CT molecular complexity index is 429. The van der Waals surface area contributed by atoms with E-state index in [1.807, 2.05) is 26.8 Å². The highest BCUT2D eigenvalue weighted by atomic mass is 127. The van der Waals surface area contributed by atoms with Gasteiger partial charge in [0.2, 0.25) is 5.91 Å². The van der Waals surface area contributed by atoms with Crippen LogP contribution in [0.1, 0.15) is 20.8 Å². The van der Waals surface area contributed by atoms with Crippen molar-refractivity contribution in [1.82, 2.24) is 0 Å². The molecule has 0 aromatic heterocycles. The third kappa shape index (κ3) is 4.12. The number of rotatable bonds is 2. The van der Waals surface area contributed by atoms with Gasteiger partial charge in [-0.3, -0.25) is 4.79 Å². The fraction of sp³-hybridized carbons (Fsp3) is 0.417. The second-order valence-electron chi connectivity index (χ2n) is 4.96. The van der Waals surface area contributed by atoms with Crippen LogP contribution in [0.3, 0.4) is 0 Å². The van der Waals surface area contributed by atoms with E-state index >= 15 is 0 Å². The second-order valence-corrected chi connectivity index (χ2v) is 6.61. The van der Waals surface area contributed by atoms with Gasteiger partial charge in [-0.25, -0.2) is 0 Å². The number of benzene rings is 1. The van der Waals surface area contributed by atoms with Gasteiger partial charge in [0.15, 0.2) is 0 Å². The molecule has 1 rings (SSSR count). The lowest BCUT2D eigenvalue weighted by Gasteiger charge is -2.26. The van der Waals surface area contributed by atoms with Gasteiger partial charge >= 0.3 is 0 Å². The quantitative estimate of drug-likeness (QED) is 0.789. The van der Waals surface area contributed by atoms with Gasteiger partial charge in [-0.15, -0.1) is 0 Å². The Morgan fingerprint density at radius 2 is 2.06 bits per heavy atom. The highest BCUT2D eigenvalue weighted by Crippen LogP contribution is 2.25. The molecule has 5 heteroatoms. The maximum absolute atomic E-state index is 11.9. The van der Waals surface area contributed by atoms with E-state index in [4.69, 9.17) is 17.3 Å². The molecule has 1 aromatic rings. The van der Waals surface area contributed by atoms with Gasteiger partial charge in [0.05, 0.1) is 16.8 Å². The van der Waals surface area contributed by atoms with Crippen molar-refractivity contribution in [3.63, 3.8) is 0 Å². The zero-order valence-corrected chi connectivity index (χ0v) is 13.0. The number of carbonyl (C=O) groups excluding carboxylic acids is 1. The molecule has 0 aliphatic heterocycles. The van der Waals surface area contributed by atoms with Crippen LogP contribution in [-0.2, 0) is 4.79 Å². The van der Waals surface area contributed by atoms with E-state index in [-0.39, 0.29) is 11.3 Å². The second kappa shape index (κ2) is 5.54. The average Bonchev–Trinajstić information content (AvgIpc) is 2.19. The number of amides is 1. The van der Waals surface area contributed by atoms with Crippen LogP contribution >= 0.6 is 34.2 Å². The molecule has 0 bridgehead atoms. The van der Waals surface area contributed by atoms with Crippen LogP contribution in [0.5, 0.6) is 0 Å². The molecule has 1 aromatic carbocycles. The highest BCUT2D eigenvalue weighted by molar-refractivity contribution is 14.1. The van der Waals surface area contributed by atoms with Gasteiger partial charge in [-0.1, -0.05) is 32.4 Å². The van der Waals surface area contributed by atoms with Crippen LogP contribution in [0, 0.1) is 8.99 Å². The normalized spacial score (nSPS) is 13.3. The van der Waals surface area contributed by atoms with E-state index in [2.05, 4.69) is 27.9 Å². The van der Waals surface area contributed by atoms with Crippen molar-refractivity contribution < 1.29 is 4.79 Å². The lowest BCUT2D eigenvalue weighted by atomic mass is 9.87. The molecule has 3 N–H and O–H groups in total. The standard InChI is InChI=1S/C12H16ClIN2O/c1-12(2,3)10(15)11(17)16-9-5-4-7(14)6-8(9)13/h4-6,10H,15H2,1-3H3,(H,16,17)/t10-/m0/s1. The minimum Gasteiger partial charge on any atom is -0.323 e. The molecule has 1 amide bonds. The van der Waals surface area contributed by atoms with Gasteiger partial charge in [0, 0.05) is 3.57 Å². The zero-order valence-electron chi connectivity index (χ0n) is 10.1. The van der Waals surface area contributed by atoms with Crippen LogP contribution in [0.4, 0.5) is 5.69 Å². The Morgan fingerprint density at radius 1 is 1.47 bits per heavy atom. The summed E-state index contributed by atoms with van der Waals surface area (Å²) in [6.45, 7) is 5.77. The van der Waals surface area contributed by atoms with Gasteiger partial charge in [0.25, 0.3) is 0 Å². The van der Waals surface area contributed by atoms with Crippen molar-refractivity contribution in [2.24, 2.45) is 11.1 Å². The van der Waals surface area contributed by atoms with Crippen LogP contribution < -0.4 is 11.1 Å². The number of nitrogens with two attached hydrogens (primary N) is 1. The highest BCUT2D eigenvalue weighted by Gasteiger charge is 2.27. The zero-order chi connectivity index (χ0) is 13.2. The molecule has 0 saturated carbocycles. The molecule has 0 fully saturated rings. The Morgan fingerprint density at radius 3 is 2.53 bits per heavy atom. The van der Waals surface area contributed by atoms with Crippen LogP contribution in [-0.4, -0.2) is 11.9 Å². The summed E-state index contributed by atoms with van der Waals surface area (Å²) in [6, 6.07) is 4.88. The summed E-state index contributed by atoms with van der Waals surface area (Å²) in [6.07, 6.45) is 0. The molecular formula is C12H16ClIN2O. The topological polar surface area (TPSA) is 55.1 Å².